The molecule has 0 N–H and O–H groups in total. The van der Waals surface area contributed by atoms with Crippen molar-refractivity contribution in [1.82, 2.24) is 9.97 Å². The summed E-state index contributed by atoms with van der Waals surface area (Å²) in [5.41, 5.74) is 5.89. The van der Waals surface area contributed by atoms with Crippen molar-refractivity contribution in [1.29, 1.82) is 0 Å². The summed E-state index contributed by atoms with van der Waals surface area (Å²) in [5.74, 6) is 0.826. The number of aryl methyl sites for hydroxylation is 2. The van der Waals surface area contributed by atoms with Crippen LogP contribution < -0.4 is 0 Å². The lowest BCUT2D eigenvalue weighted by Gasteiger charge is -2.12. The van der Waals surface area contributed by atoms with Crippen LogP contribution in [0.5, 0.6) is 0 Å². The average Bonchev–Trinajstić information content (AvgIpc) is 3.07. The first-order valence-electron chi connectivity index (χ1n) is 7.74. The third kappa shape index (κ3) is 3.57. The van der Waals surface area contributed by atoms with Crippen molar-refractivity contribution < 1.29 is 0 Å². The quantitative estimate of drug-likeness (QED) is 0.608. The minimum absolute atomic E-state index is 0.803. The van der Waals surface area contributed by atoms with Gasteiger partial charge in [-0.15, -0.1) is 17.9 Å². The molecule has 0 saturated carbocycles. The van der Waals surface area contributed by atoms with Gasteiger partial charge in [0.15, 0.2) is 5.82 Å². The van der Waals surface area contributed by atoms with Crippen LogP contribution >= 0.6 is 11.3 Å². The highest BCUT2D eigenvalue weighted by Gasteiger charge is 2.13. The molecule has 0 aliphatic heterocycles. The number of rotatable bonds is 5. The maximum atomic E-state index is 4.86. The summed E-state index contributed by atoms with van der Waals surface area (Å²) >= 11 is 1.68. The molecule has 0 unspecified atom stereocenters. The molecular formula is C20H20N2S. The normalized spacial score (nSPS) is 10.7. The van der Waals surface area contributed by atoms with Gasteiger partial charge in [-0.25, -0.2) is 9.97 Å². The molecule has 0 fully saturated rings. The number of aromatic nitrogens is 2. The molecule has 2 nitrogen and oxygen atoms in total. The molecule has 23 heavy (non-hydrogen) atoms. The molecule has 0 radical (unpaired) electrons. The van der Waals surface area contributed by atoms with Crippen molar-refractivity contribution in [3.8, 4) is 10.7 Å². The predicted molar refractivity (Wildman–Crippen MR) is 98.0 cm³/mol. The highest BCUT2D eigenvalue weighted by Crippen LogP contribution is 2.25. The molecule has 0 bridgehead atoms. The molecule has 1 aromatic carbocycles. The Labute approximate surface area is 141 Å². The number of thiophene rings is 1. The zero-order valence-corrected chi connectivity index (χ0v) is 14.4. The van der Waals surface area contributed by atoms with Crippen LogP contribution in [0.3, 0.4) is 0 Å². The van der Waals surface area contributed by atoms with Crippen molar-refractivity contribution >= 4 is 11.3 Å². The monoisotopic (exact) mass is 320 g/mol. The van der Waals surface area contributed by atoms with E-state index in [2.05, 4.69) is 56.1 Å². The molecule has 0 amide bonds. The van der Waals surface area contributed by atoms with E-state index in [1.165, 1.54) is 16.7 Å². The van der Waals surface area contributed by atoms with Gasteiger partial charge in [-0.3, -0.25) is 0 Å². The van der Waals surface area contributed by atoms with Gasteiger partial charge in [0.2, 0.25) is 0 Å². The lowest BCUT2D eigenvalue weighted by atomic mass is 10.0. The fraction of sp³-hybridized carbons (Fsp3) is 0.200. The molecular weight excluding hydrogens is 300 g/mol. The Morgan fingerprint density at radius 2 is 1.87 bits per heavy atom. The molecule has 116 valence electrons. The van der Waals surface area contributed by atoms with E-state index in [1.54, 1.807) is 11.3 Å². The van der Waals surface area contributed by atoms with E-state index in [0.717, 1.165) is 34.9 Å². The van der Waals surface area contributed by atoms with Gasteiger partial charge < -0.3 is 0 Å². The Balaban J connectivity index is 2.04. The van der Waals surface area contributed by atoms with Gasteiger partial charge in [0.1, 0.15) is 0 Å². The molecule has 3 rings (SSSR count). The molecule has 0 aliphatic carbocycles. The van der Waals surface area contributed by atoms with E-state index in [9.17, 15) is 0 Å². The van der Waals surface area contributed by atoms with Crippen LogP contribution in [0.15, 0.2) is 54.4 Å². The topological polar surface area (TPSA) is 25.8 Å². The Morgan fingerprint density at radius 1 is 1.09 bits per heavy atom. The first-order chi connectivity index (χ1) is 11.2. The van der Waals surface area contributed by atoms with Crippen LogP contribution in [0.2, 0.25) is 0 Å². The predicted octanol–water partition coefficient (Wildman–Crippen LogP) is 5.14. The van der Waals surface area contributed by atoms with Crippen molar-refractivity contribution in [2.45, 2.75) is 26.7 Å². The number of nitrogens with zero attached hydrogens (tertiary/aromatic N) is 2. The maximum absolute atomic E-state index is 4.86. The van der Waals surface area contributed by atoms with Gasteiger partial charge >= 0.3 is 0 Å². The van der Waals surface area contributed by atoms with Gasteiger partial charge in [0.25, 0.3) is 0 Å². The van der Waals surface area contributed by atoms with E-state index in [0.29, 0.717) is 0 Å². The van der Waals surface area contributed by atoms with Crippen molar-refractivity contribution in [2.75, 3.05) is 0 Å². The van der Waals surface area contributed by atoms with E-state index in [4.69, 9.17) is 9.97 Å². The van der Waals surface area contributed by atoms with Gasteiger partial charge in [0, 0.05) is 12.1 Å². The van der Waals surface area contributed by atoms with Gasteiger partial charge in [0.05, 0.1) is 10.6 Å². The van der Waals surface area contributed by atoms with Gasteiger partial charge in [-0.05, 0) is 42.8 Å². The lowest BCUT2D eigenvalue weighted by molar-refractivity contribution is 0.951. The van der Waals surface area contributed by atoms with Crippen molar-refractivity contribution in [3.05, 3.63) is 82.5 Å². The number of hydrogen-bond acceptors (Lipinski definition) is 3. The summed E-state index contributed by atoms with van der Waals surface area (Å²) < 4.78 is 0. The summed E-state index contributed by atoms with van der Waals surface area (Å²) in [4.78, 5) is 10.7. The summed E-state index contributed by atoms with van der Waals surface area (Å²) in [6.45, 7) is 8.05. The molecule has 3 aromatic rings. The fourth-order valence-electron chi connectivity index (χ4n) is 2.63. The Hall–Kier alpha value is -2.26. The third-order valence-electron chi connectivity index (χ3n) is 3.88. The molecule has 2 heterocycles. The maximum Gasteiger partial charge on any atom is 0.169 e. The Kier molecular flexibility index (Phi) is 4.68. The summed E-state index contributed by atoms with van der Waals surface area (Å²) in [6, 6.07) is 12.8. The number of allylic oxidation sites excluding steroid dienone is 1. The summed E-state index contributed by atoms with van der Waals surface area (Å²) in [7, 11) is 0. The van der Waals surface area contributed by atoms with E-state index >= 15 is 0 Å². The molecule has 3 heteroatoms. The Bertz CT molecular complexity index is 802. The van der Waals surface area contributed by atoms with E-state index < -0.39 is 0 Å². The second kappa shape index (κ2) is 6.88. The van der Waals surface area contributed by atoms with Crippen LogP contribution in [-0.4, -0.2) is 9.97 Å². The second-order valence-corrected chi connectivity index (χ2v) is 6.64. The molecule has 0 atom stereocenters. The minimum Gasteiger partial charge on any atom is -0.232 e. The van der Waals surface area contributed by atoms with E-state index in [-0.39, 0.29) is 0 Å². The average molecular weight is 320 g/mol. The Morgan fingerprint density at radius 3 is 2.52 bits per heavy atom. The van der Waals surface area contributed by atoms with Crippen LogP contribution in [0.4, 0.5) is 0 Å². The zero-order valence-electron chi connectivity index (χ0n) is 13.5. The largest absolute Gasteiger partial charge is 0.232 e. The number of benzene rings is 1. The first-order valence-corrected chi connectivity index (χ1v) is 8.62. The standard InChI is InChI=1S/C20H20N2S/c1-4-6-17-15(3)21-20(19-7-5-12-23-19)22-18(17)13-16-10-8-14(2)9-11-16/h4-5,7-12H,1,6,13H2,2-3H3. The second-order valence-electron chi connectivity index (χ2n) is 5.69. The molecule has 0 saturated heterocycles. The minimum atomic E-state index is 0.803. The van der Waals surface area contributed by atoms with E-state index in [1.807, 2.05) is 12.1 Å². The third-order valence-corrected chi connectivity index (χ3v) is 4.75. The zero-order chi connectivity index (χ0) is 16.2. The van der Waals surface area contributed by atoms with Gasteiger partial charge in [-0.1, -0.05) is 42.0 Å². The highest BCUT2D eigenvalue weighted by molar-refractivity contribution is 7.13. The van der Waals surface area contributed by atoms with Crippen LogP contribution in [0.25, 0.3) is 10.7 Å². The summed E-state index contributed by atoms with van der Waals surface area (Å²) in [6.07, 6.45) is 3.55. The van der Waals surface area contributed by atoms with Gasteiger partial charge in [-0.2, -0.15) is 0 Å². The smallest absolute Gasteiger partial charge is 0.169 e. The first kappa shape index (κ1) is 15.6. The van der Waals surface area contributed by atoms with Crippen LogP contribution in [0.1, 0.15) is 28.1 Å². The molecule has 0 aliphatic rings. The van der Waals surface area contributed by atoms with Crippen LogP contribution in [-0.2, 0) is 12.8 Å². The lowest BCUT2D eigenvalue weighted by Crippen LogP contribution is -2.06. The fourth-order valence-corrected chi connectivity index (χ4v) is 3.28. The summed E-state index contributed by atoms with van der Waals surface area (Å²) in [5, 5.41) is 2.06. The van der Waals surface area contributed by atoms with Crippen molar-refractivity contribution in [3.63, 3.8) is 0 Å². The van der Waals surface area contributed by atoms with Crippen LogP contribution in [0, 0.1) is 13.8 Å². The SMILES string of the molecule is C=CCc1c(C)nc(-c2cccs2)nc1Cc1ccc(C)cc1. The molecule has 2 aromatic heterocycles. The molecule has 0 spiro atoms. The highest BCUT2D eigenvalue weighted by atomic mass is 32.1. The number of hydrogen-bond donors (Lipinski definition) is 0. The van der Waals surface area contributed by atoms with Crippen molar-refractivity contribution in [2.24, 2.45) is 0 Å².